The molecular weight excluding hydrogens is 420 g/mol. The summed E-state index contributed by atoms with van der Waals surface area (Å²) in [4.78, 5) is 40.9. The number of benzene rings is 1. The Hall–Kier alpha value is -3.85. The number of rotatable bonds is 8. The highest BCUT2D eigenvalue weighted by Gasteiger charge is 2.33. The molecule has 1 aromatic heterocycles. The number of carbonyl (C=O) groups excluding carboxylic acids is 3. The van der Waals surface area contributed by atoms with Gasteiger partial charge in [-0.2, -0.15) is 10.5 Å². The van der Waals surface area contributed by atoms with Crippen LogP contribution in [0.25, 0.3) is 10.9 Å². The quantitative estimate of drug-likeness (QED) is 0.488. The van der Waals surface area contributed by atoms with Crippen LogP contribution in [0, 0.1) is 34.5 Å². The van der Waals surface area contributed by atoms with Crippen molar-refractivity contribution in [2.45, 2.75) is 50.6 Å². The number of nitrogens with one attached hydrogen (secondary N) is 4. The number of aromatic nitrogens is 1. The molecule has 4 N–H and O–H groups in total. The number of H-pyrrole nitrogens is 1. The number of hydrogen-bond acceptors (Lipinski definition) is 5. The van der Waals surface area contributed by atoms with Gasteiger partial charge < -0.3 is 20.9 Å². The first-order valence-electron chi connectivity index (χ1n) is 11.3. The van der Waals surface area contributed by atoms with E-state index in [0.717, 1.165) is 24.6 Å². The predicted molar refractivity (Wildman–Crippen MR) is 120 cm³/mol. The standard InChI is InChI=1S/C24H26N6O3/c25-12-15-5-6-16-11-21(29-19(16)9-15)24(33)30-20(8-14-3-4-14)23(32)28-18(13-26)10-17-2-1-7-27-22(17)31/h5-6,9,11,14,17-18,20,29H,1-4,7-8,10H2,(H,27,31)(H,28,32)(H,30,33). The SMILES string of the molecule is N#Cc1ccc2cc(C(=O)NC(CC3CC3)C(=O)NC(C#N)CC3CCCNC3=O)[nH]c2c1. The van der Waals surface area contributed by atoms with Crippen LogP contribution in [0.15, 0.2) is 24.3 Å². The van der Waals surface area contributed by atoms with E-state index in [1.807, 2.05) is 0 Å². The molecule has 9 heteroatoms. The number of piperidine rings is 1. The lowest BCUT2D eigenvalue weighted by Gasteiger charge is -2.25. The summed E-state index contributed by atoms with van der Waals surface area (Å²) in [5, 5.41) is 27.7. The maximum Gasteiger partial charge on any atom is 0.268 e. The number of hydrogen-bond donors (Lipinski definition) is 4. The van der Waals surface area contributed by atoms with E-state index in [1.54, 1.807) is 24.3 Å². The van der Waals surface area contributed by atoms with Crippen molar-refractivity contribution in [1.29, 1.82) is 10.5 Å². The lowest BCUT2D eigenvalue weighted by Crippen LogP contribution is -2.50. The van der Waals surface area contributed by atoms with Crippen LogP contribution in [0.1, 0.15) is 54.6 Å². The van der Waals surface area contributed by atoms with Crippen LogP contribution < -0.4 is 16.0 Å². The van der Waals surface area contributed by atoms with Crippen molar-refractivity contribution < 1.29 is 14.4 Å². The third-order valence-electron chi connectivity index (χ3n) is 6.28. The van der Waals surface area contributed by atoms with Gasteiger partial charge in [0, 0.05) is 23.4 Å². The Bertz CT molecular complexity index is 1150. The molecule has 2 fully saturated rings. The number of amides is 3. The van der Waals surface area contributed by atoms with E-state index >= 15 is 0 Å². The maximum atomic E-state index is 13.0. The van der Waals surface area contributed by atoms with Gasteiger partial charge in [-0.15, -0.1) is 0 Å². The first-order valence-corrected chi connectivity index (χ1v) is 11.3. The molecule has 170 valence electrons. The molecule has 1 saturated heterocycles. The predicted octanol–water partition coefficient (Wildman–Crippen LogP) is 1.86. The van der Waals surface area contributed by atoms with E-state index in [1.165, 1.54) is 0 Å². The van der Waals surface area contributed by atoms with Crippen molar-refractivity contribution in [2.24, 2.45) is 11.8 Å². The Balaban J connectivity index is 1.43. The van der Waals surface area contributed by atoms with Gasteiger partial charge >= 0.3 is 0 Å². The van der Waals surface area contributed by atoms with Crippen LogP contribution in [0.5, 0.6) is 0 Å². The zero-order valence-corrected chi connectivity index (χ0v) is 18.2. The molecule has 0 bridgehead atoms. The van der Waals surface area contributed by atoms with Crippen molar-refractivity contribution in [3.05, 3.63) is 35.5 Å². The number of fused-ring (bicyclic) bond motifs is 1. The fourth-order valence-corrected chi connectivity index (χ4v) is 4.23. The van der Waals surface area contributed by atoms with Gasteiger partial charge in [0.15, 0.2) is 0 Å². The van der Waals surface area contributed by atoms with E-state index in [0.29, 0.717) is 42.1 Å². The minimum Gasteiger partial charge on any atom is -0.356 e. The Morgan fingerprint density at radius 3 is 2.64 bits per heavy atom. The second kappa shape index (κ2) is 9.74. The highest BCUT2D eigenvalue weighted by molar-refractivity contribution is 6.00. The fourth-order valence-electron chi connectivity index (χ4n) is 4.23. The maximum absolute atomic E-state index is 13.0. The first kappa shape index (κ1) is 22.3. The fraction of sp³-hybridized carbons (Fsp3) is 0.458. The second-order valence-corrected chi connectivity index (χ2v) is 8.86. The number of carbonyl (C=O) groups is 3. The van der Waals surface area contributed by atoms with Crippen LogP contribution in [0.2, 0.25) is 0 Å². The van der Waals surface area contributed by atoms with Gasteiger partial charge in [-0.25, -0.2) is 0 Å². The van der Waals surface area contributed by atoms with Crippen molar-refractivity contribution in [1.82, 2.24) is 20.9 Å². The number of nitriles is 2. The Morgan fingerprint density at radius 2 is 1.94 bits per heavy atom. The summed E-state index contributed by atoms with van der Waals surface area (Å²) in [6.07, 6.45) is 4.30. The summed E-state index contributed by atoms with van der Waals surface area (Å²) in [7, 11) is 0. The van der Waals surface area contributed by atoms with Crippen LogP contribution in [0.3, 0.4) is 0 Å². The Kier molecular flexibility index (Phi) is 6.60. The molecule has 0 spiro atoms. The molecule has 3 atom stereocenters. The molecule has 1 aromatic carbocycles. The zero-order chi connectivity index (χ0) is 23.4. The molecule has 1 aliphatic heterocycles. The largest absolute Gasteiger partial charge is 0.356 e. The summed E-state index contributed by atoms with van der Waals surface area (Å²) < 4.78 is 0. The van der Waals surface area contributed by atoms with Crippen molar-refractivity contribution in [3.63, 3.8) is 0 Å². The molecular formula is C24H26N6O3. The highest BCUT2D eigenvalue weighted by atomic mass is 16.2. The molecule has 2 aromatic rings. The molecule has 2 aliphatic rings. The smallest absolute Gasteiger partial charge is 0.268 e. The average molecular weight is 447 g/mol. The van der Waals surface area contributed by atoms with Crippen molar-refractivity contribution in [2.75, 3.05) is 6.54 Å². The molecule has 3 amide bonds. The molecule has 1 aliphatic carbocycles. The number of nitrogens with zero attached hydrogens (tertiary/aromatic N) is 2. The van der Waals surface area contributed by atoms with Gasteiger partial charge in [0.1, 0.15) is 17.8 Å². The van der Waals surface area contributed by atoms with Gasteiger partial charge in [-0.05, 0) is 49.8 Å². The Morgan fingerprint density at radius 1 is 1.12 bits per heavy atom. The molecule has 3 unspecified atom stereocenters. The van der Waals surface area contributed by atoms with Crippen LogP contribution >= 0.6 is 0 Å². The monoisotopic (exact) mass is 446 g/mol. The van der Waals surface area contributed by atoms with E-state index in [-0.39, 0.29) is 18.2 Å². The summed E-state index contributed by atoms with van der Waals surface area (Å²) >= 11 is 0. The van der Waals surface area contributed by atoms with Gasteiger partial charge in [0.05, 0.1) is 17.7 Å². The van der Waals surface area contributed by atoms with E-state index < -0.39 is 23.9 Å². The van der Waals surface area contributed by atoms with Crippen LogP contribution in [0.4, 0.5) is 0 Å². The minimum absolute atomic E-state index is 0.0862. The van der Waals surface area contributed by atoms with Gasteiger partial charge in [-0.3, -0.25) is 14.4 Å². The van der Waals surface area contributed by atoms with Crippen molar-refractivity contribution in [3.8, 4) is 12.1 Å². The Labute approximate surface area is 191 Å². The zero-order valence-electron chi connectivity index (χ0n) is 18.2. The highest BCUT2D eigenvalue weighted by Crippen LogP contribution is 2.33. The minimum atomic E-state index is -0.803. The molecule has 9 nitrogen and oxygen atoms in total. The third-order valence-corrected chi connectivity index (χ3v) is 6.28. The van der Waals surface area contributed by atoms with E-state index in [2.05, 4.69) is 33.1 Å². The normalized spacial score (nSPS) is 19.6. The molecule has 0 radical (unpaired) electrons. The van der Waals surface area contributed by atoms with Gasteiger partial charge in [0.25, 0.3) is 5.91 Å². The summed E-state index contributed by atoms with van der Waals surface area (Å²) in [6.45, 7) is 0.639. The van der Waals surface area contributed by atoms with Crippen LogP contribution in [-0.4, -0.2) is 41.3 Å². The third kappa shape index (κ3) is 5.50. The summed E-state index contributed by atoms with van der Waals surface area (Å²) in [6, 6.07) is 9.35. The van der Waals surface area contributed by atoms with E-state index in [4.69, 9.17) is 5.26 Å². The van der Waals surface area contributed by atoms with Crippen molar-refractivity contribution >= 4 is 28.6 Å². The molecule has 4 rings (SSSR count). The number of aromatic amines is 1. The lowest BCUT2D eigenvalue weighted by atomic mass is 9.92. The molecule has 1 saturated carbocycles. The topological polar surface area (TPSA) is 151 Å². The van der Waals surface area contributed by atoms with E-state index in [9.17, 15) is 19.6 Å². The molecule has 33 heavy (non-hydrogen) atoms. The summed E-state index contributed by atoms with van der Waals surface area (Å²) in [5.74, 6) is -0.861. The second-order valence-electron chi connectivity index (χ2n) is 8.86. The van der Waals surface area contributed by atoms with Crippen LogP contribution in [-0.2, 0) is 9.59 Å². The average Bonchev–Trinajstić information content (AvgIpc) is 3.53. The lowest BCUT2D eigenvalue weighted by molar-refractivity contribution is -0.128. The van der Waals surface area contributed by atoms with Gasteiger partial charge in [0.2, 0.25) is 11.8 Å². The summed E-state index contributed by atoms with van der Waals surface area (Å²) in [5.41, 5.74) is 1.44. The first-order chi connectivity index (χ1) is 16.0. The van der Waals surface area contributed by atoms with Gasteiger partial charge in [-0.1, -0.05) is 18.9 Å². The molecule has 2 heterocycles.